The van der Waals surface area contributed by atoms with Crippen molar-refractivity contribution in [3.8, 4) is 0 Å². The highest BCUT2D eigenvalue weighted by molar-refractivity contribution is 6.68. The zero-order chi connectivity index (χ0) is 14.0. The van der Waals surface area contributed by atoms with Crippen LogP contribution in [0, 0.1) is 0 Å². The van der Waals surface area contributed by atoms with E-state index in [-0.39, 0.29) is 0 Å². The Labute approximate surface area is 127 Å². The highest BCUT2D eigenvalue weighted by Gasteiger charge is 2.34. The van der Waals surface area contributed by atoms with Crippen LogP contribution in [0.1, 0.15) is 12.5 Å². The number of hydrogen-bond donors (Lipinski definition) is 1. The molecular weight excluding hydrogens is 305 g/mol. The van der Waals surface area contributed by atoms with Crippen LogP contribution in [0.15, 0.2) is 41.5 Å². The Balaban J connectivity index is 2.35. The molecule has 2 aromatic rings. The van der Waals surface area contributed by atoms with Crippen molar-refractivity contribution in [3.63, 3.8) is 0 Å². The molecule has 1 N–H and O–H groups in total. The van der Waals surface area contributed by atoms with Gasteiger partial charge in [-0.05, 0) is 29.8 Å². The first kappa shape index (κ1) is 14.7. The molecule has 1 atom stereocenters. The molecule has 0 amide bonds. The first-order valence-electron chi connectivity index (χ1n) is 5.90. The Bertz CT molecular complexity index is 586. The van der Waals surface area contributed by atoms with Gasteiger partial charge in [0.05, 0.1) is 12.3 Å². The SMILES string of the molecule is C=C(c1ccc2ccoc2c1)C(NCC)C(Cl)(Cl)Cl. The van der Waals surface area contributed by atoms with Gasteiger partial charge in [-0.25, -0.2) is 0 Å². The summed E-state index contributed by atoms with van der Waals surface area (Å²) in [5.41, 5.74) is 2.40. The maximum absolute atomic E-state index is 6.00. The zero-order valence-corrected chi connectivity index (χ0v) is 12.7. The average Bonchev–Trinajstić information content (AvgIpc) is 2.80. The first-order valence-corrected chi connectivity index (χ1v) is 7.03. The molecule has 102 valence electrons. The van der Waals surface area contributed by atoms with Crippen molar-refractivity contribution in [2.75, 3.05) is 6.54 Å². The van der Waals surface area contributed by atoms with E-state index < -0.39 is 9.83 Å². The minimum absolute atomic E-state index is 0.449. The third-order valence-electron chi connectivity index (χ3n) is 2.91. The number of nitrogens with one attached hydrogen (secondary N) is 1. The molecule has 0 aliphatic heterocycles. The summed E-state index contributed by atoms with van der Waals surface area (Å²) < 4.78 is 3.92. The molecule has 5 heteroatoms. The molecule has 0 spiro atoms. The van der Waals surface area contributed by atoms with Crippen LogP contribution in [-0.4, -0.2) is 16.4 Å². The lowest BCUT2D eigenvalue weighted by molar-refractivity contribution is 0.615. The predicted octanol–water partition coefficient (Wildman–Crippen LogP) is 4.79. The minimum atomic E-state index is -1.45. The van der Waals surface area contributed by atoms with E-state index in [1.807, 2.05) is 31.2 Å². The molecule has 0 saturated carbocycles. The number of furan rings is 1. The van der Waals surface area contributed by atoms with Gasteiger partial charge in [-0.15, -0.1) is 0 Å². The number of likely N-dealkylation sites (N-methyl/N-ethyl adjacent to an activating group) is 1. The summed E-state index contributed by atoms with van der Waals surface area (Å²) in [7, 11) is 0. The average molecular weight is 319 g/mol. The van der Waals surface area contributed by atoms with Gasteiger partial charge in [0.25, 0.3) is 0 Å². The van der Waals surface area contributed by atoms with Crippen LogP contribution in [0.3, 0.4) is 0 Å². The Kier molecular flexibility index (Phi) is 4.46. The molecule has 1 aromatic carbocycles. The Morgan fingerprint density at radius 1 is 1.37 bits per heavy atom. The summed E-state index contributed by atoms with van der Waals surface area (Å²) in [4.78, 5) is 0. The van der Waals surface area contributed by atoms with Crippen LogP contribution >= 0.6 is 34.8 Å². The lowest BCUT2D eigenvalue weighted by Gasteiger charge is -2.27. The highest BCUT2D eigenvalue weighted by Crippen LogP contribution is 2.37. The maximum atomic E-state index is 6.00. The van der Waals surface area contributed by atoms with Crippen LogP contribution in [0.4, 0.5) is 0 Å². The van der Waals surface area contributed by atoms with E-state index in [1.54, 1.807) is 6.26 Å². The largest absolute Gasteiger partial charge is 0.464 e. The summed E-state index contributed by atoms with van der Waals surface area (Å²) in [6.45, 7) is 6.68. The van der Waals surface area contributed by atoms with E-state index in [2.05, 4.69) is 11.9 Å². The molecule has 0 aliphatic carbocycles. The fraction of sp³-hybridized carbons (Fsp3) is 0.286. The quantitative estimate of drug-likeness (QED) is 0.820. The molecule has 0 saturated heterocycles. The summed E-state index contributed by atoms with van der Waals surface area (Å²) in [6.07, 6.45) is 1.65. The third-order valence-corrected chi connectivity index (χ3v) is 3.57. The van der Waals surface area contributed by atoms with Crippen molar-refractivity contribution in [3.05, 3.63) is 42.7 Å². The van der Waals surface area contributed by atoms with Gasteiger partial charge in [-0.3, -0.25) is 0 Å². The fourth-order valence-electron chi connectivity index (χ4n) is 1.96. The van der Waals surface area contributed by atoms with E-state index in [9.17, 15) is 0 Å². The van der Waals surface area contributed by atoms with Gasteiger partial charge < -0.3 is 9.73 Å². The molecule has 1 heterocycles. The number of benzene rings is 1. The molecule has 0 aliphatic rings. The molecule has 0 radical (unpaired) electrons. The van der Waals surface area contributed by atoms with E-state index in [0.717, 1.165) is 22.1 Å². The van der Waals surface area contributed by atoms with Crippen molar-refractivity contribution >= 4 is 51.3 Å². The van der Waals surface area contributed by atoms with Crippen LogP contribution in [0.2, 0.25) is 0 Å². The summed E-state index contributed by atoms with van der Waals surface area (Å²) in [6, 6.07) is 7.26. The maximum Gasteiger partial charge on any atom is 0.209 e. The monoisotopic (exact) mass is 317 g/mol. The van der Waals surface area contributed by atoms with Crippen molar-refractivity contribution < 1.29 is 4.42 Å². The van der Waals surface area contributed by atoms with Crippen LogP contribution in [0.25, 0.3) is 16.5 Å². The van der Waals surface area contributed by atoms with Crippen molar-refractivity contribution in [2.24, 2.45) is 0 Å². The summed E-state index contributed by atoms with van der Waals surface area (Å²) >= 11 is 18.0. The van der Waals surface area contributed by atoms with Crippen molar-refractivity contribution in [2.45, 2.75) is 16.8 Å². The van der Waals surface area contributed by atoms with Gasteiger partial charge in [0.1, 0.15) is 5.58 Å². The Morgan fingerprint density at radius 2 is 2.11 bits per heavy atom. The molecule has 1 unspecified atom stereocenters. The van der Waals surface area contributed by atoms with Gasteiger partial charge in [0.2, 0.25) is 3.79 Å². The van der Waals surface area contributed by atoms with Gasteiger partial charge in [0.15, 0.2) is 0 Å². The highest BCUT2D eigenvalue weighted by atomic mass is 35.6. The molecule has 2 nitrogen and oxygen atoms in total. The molecular formula is C14H14Cl3NO. The van der Waals surface area contributed by atoms with Crippen molar-refractivity contribution in [1.82, 2.24) is 5.32 Å². The standard InChI is InChI=1S/C14H14Cl3NO/c1-3-18-13(14(15,16)17)9(2)11-5-4-10-6-7-19-12(10)8-11/h4-8,13,18H,2-3H2,1H3. The number of rotatable bonds is 4. The lowest BCUT2D eigenvalue weighted by atomic mass is 10.00. The smallest absolute Gasteiger partial charge is 0.209 e. The number of halogens is 3. The second-order valence-electron chi connectivity index (χ2n) is 4.23. The fourth-order valence-corrected chi connectivity index (χ4v) is 2.59. The van der Waals surface area contributed by atoms with Crippen LogP contribution < -0.4 is 5.32 Å². The summed E-state index contributed by atoms with van der Waals surface area (Å²) in [5.74, 6) is 0. The van der Waals surface area contributed by atoms with Crippen LogP contribution in [-0.2, 0) is 0 Å². The first-order chi connectivity index (χ1) is 8.93. The second kappa shape index (κ2) is 5.76. The number of alkyl halides is 3. The third kappa shape index (κ3) is 3.26. The van der Waals surface area contributed by atoms with Crippen molar-refractivity contribution in [1.29, 1.82) is 0 Å². The molecule has 19 heavy (non-hydrogen) atoms. The normalized spacial score (nSPS) is 13.7. The zero-order valence-electron chi connectivity index (χ0n) is 10.4. The van der Waals surface area contributed by atoms with Gasteiger partial charge >= 0.3 is 0 Å². The van der Waals surface area contributed by atoms with Gasteiger partial charge in [0, 0.05) is 5.39 Å². The lowest BCUT2D eigenvalue weighted by Crippen LogP contribution is -2.40. The van der Waals surface area contributed by atoms with E-state index in [4.69, 9.17) is 39.2 Å². The Hall–Kier alpha value is -0.670. The van der Waals surface area contributed by atoms with E-state index in [1.165, 1.54) is 0 Å². The number of fused-ring (bicyclic) bond motifs is 1. The molecule has 2 rings (SSSR count). The predicted molar refractivity (Wildman–Crippen MR) is 83.0 cm³/mol. The van der Waals surface area contributed by atoms with Crippen LogP contribution in [0.5, 0.6) is 0 Å². The van der Waals surface area contributed by atoms with Gasteiger partial charge in [-0.2, -0.15) is 0 Å². The molecule has 0 bridgehead atoms. The molecule has 1 aromatic heterocycles. The minimum Gasteiger partial charge on any atom is -0.464 e. The Morgan fingerprint density at radius 3 is 2.74 bits per heavy atom. The second-order valence-corrected chi connectivity index (χ2v) is 6.60. The summed E-state index contributed by atoms with van der Waals surface area (Å²) in [5, 5.41) is 4.17. The van der Waals surface area contributed by atoms with Gasteiger partial charge in [-0.1, -0.05) is 60.4 Å². The molecule has 0 fully saturated rings. The topological polar surface area (TPSA) is 25.2 Å². The van der Waals surface area contributed by atoms with E-state index >= 15 is 0 Å². The number of hydrogen-bond acceptors (Lipinski definition) is 2. The van der Waals surface area contributed by atoms with E-state index in [0.29, 0.717) is 6.54 Å².